The Labute approximate surface area is 366 Å². The van der Waals surface area contributed by atoms with Crippen molar-refractivity contribution in [3.63, 3.8) is 0 Å². The number of nitrogens with zero attached hydrogens (tertiary/aromatic N) is 8. The summed E-state index contributed by atoms with van der Waals surface area (Å²) in [6.45, 7) is 2.19. The second-order valence-electron chi connectivity index (χ2n) is 9.07. The second kappa shape index (κ2) is 29.8. The molecule has 0 amide bonds. The van der Waals surface area contributed by atoms with Crippen LogP contribution in [0.4, 0.5) is 22.7 Å². The molecule has 0 aliphatic rings. The van der Waals surface area contributed by atoms with Crippen LogP contribution in [0.5, 0.6) is 28.7 Å². The van der Waals surface area contributed by atoms with Gasteiger partial charge in [0.25, 0.3) is 12.9 Å². The van der Waals surface area contributed by atoms with E-state index in [0.29, 0.717) is 28.3 Å². The van der Waals surface area contributed by atoms with Crippen molar-refractivity contribution in [2.45, 2.75) is 6.92 Å². The van der Waals surface area contributed by atoms with Gasteiger partial charge in [-0.2, -0.15) is 25.6 Å². The Bertz CT molecular complexity index is 1820. The first-order valence-electron chi connectivity index (χ1n) is 13.9. The average molecular weight is 909 g/mol. The molecular formula is C34H34N8O11Y2-4. The van der Waals surface area contributed by atoms with Gasteiger partial charge in [-0.15, -0.1) is 0 Å². The van der Waals surface area contributed by atoms with Gasteiger partial charge in [-0.1, -0.05) is 6.07 Å². The number of hydrogen-bond donors (Lipinski definition) is 5. The summed E-state index contributed by atoms with van der Waals surface area (Å²) in [5.74, 6) is -2.59. The molecule has 0 spiro atoms. The molecule has 0 bridgehead atoms. The average Bonchev–Trinajstić information content (AvgIpc) is 3.11. The van der Waals surface area contributed by atoms with Crippen LogP contribution < -0.4 is 9.47 Å². The van der Waals surface area contributed by atoms with Crippen LogP contribution in [-0.4, -0.2) is 57.5 Å². The summed E-state index contributed by atoms with van der Waals surface area (Å²) in [5, 5.41) is 72.7. The molecule has 0 aromatic heterocycles. The smallest absolute Gasteiger partial charge is 0.339 e. The molecule has 2 radical (unpaired) electrons. The number of aryl methyl sites for hydroxylation is 1. The maximum absolute atomic E-state index is 10.7. The van der Waals surface area contributed by atoms with E-state index in [1.165, 1.54) is 61.6 Å². The molecule has 0 aliphatic heterocycles. The molecule has 0 saturated heterocycles. The molecule has 4 rings (SSSR count). The number of ether oxygens (including phenoxy) is 2. The summed E-state index contributed by atoms with van der Waals surface area (Å²) in [5.41, 5.74) is 2.54. The van der Waals surface area contributed by atoms with E-state index in [-0.39, 0.29) is 126 Å². The predicted octanol–water partition coefficient (Wildman–Crippen LogP) is 8.42. The number of carboxylic acid groups (broad SMARTS) is 2. The van der Waals surface area contributed by atoms with Crippen LogP contribution in [0.15, 0.2) is 114 Å². The van der Waals surface area contributed by atoms with Crippen molar-refractivity contribution in [3.8, 4) is 28.7 Å². The number of azo groups is 4. The Morgan fingerprint density at radius 2 is 0.927 bits per heavy atom. The molecular weight excluding hydrogens is 874 g/mol. The Morgan fingerprint density at radius 1 is 0.582 bits per heavy atom. The van der Waals surface area contributed by atoms with Crippen LogP contribution in [-0.2, 0) is 75.0 Å². The molecule has 0 atom stereocenters. The van der Waals surface area contributed by atoms with Gasteiger partial charge in [0.05, 0.1) is 28.3 Å². The summed E-state index contributed by atoms with van der Waals surface area (Å²) in [7, 11) is 11.0. The monoisotopic (exact) mass is 908 g/mol. The Hall–Kier alpha value is -5.62. The summed E-state index contributed by atoms with van der Waals surface area (Å²) in [4.78, 5) is 41.2. The van der Waals surface area contributed by atoms with Crippen molar-refractivity contribution in [3.05, 3.63) is 118 Å². The van der Waals surface area contributed by atoms with Crippen molar-refractivity contribution >= 4 is 47.6 Å². The zero-order valence-corrected chi connectivity index (χ0v) is 35.3. The van der Waals surface area contributed by atoms with Crippen molar-refractivity contribution in [2.24, 2.45) is 40.9 Å². The minimum Gasteiger partial charge on any atom is -0.507 e. The molecule has 4 aromatic rings. The van der Waals surface area contributed by atoms with Crippen molar-refractivity contribution in [1.29, 1.82) is 0 Å². The van der Waals surface area contributed by atoms with Gasteiger partial charge < -0.3 is 57.8 Å². The van der Waals surface area contributed by atoms with Gasteiger partial charge in [0.1, 0.15) is 11.3 Å². The van der Waals surface area contributed by atoms with Crippen LogP contribution in [0.25, 0.3) is 0 Å². The minimum absolute atomic E-state index is 0. The normalized spacial score (nSPS) is 9.78. The van der Waals surface area contributed by atoms with E-state index in [9.17, 15) is 24.3 Å². The third-order valence-corrected chi connectivity index (χ3v) is 5.67. The third kappa shape index (κ3) is 19.9. The topological polar surface area (TPSA) is 287 Å². The zero-order chi connectivity index (χ0) is 39.1. The number of carbonyl (C=O) groups is 4. The summed E-state index contributed by atoms with van der Waals surface area (Å²) in [6.07, 6.45) is 0. The molecule has 0 fully saturated rings. The van der Waals surface area contributed by atoms with Crippen molar-refractivity contribution < 1.29 is 120 Å². The molecule has 55 heavy (non-hydrogen) atoms. The van der Waals surface area contributed by atoms with Crippen molar-refractivity contribution in [2.75, 3.05) is 7.05 Å². The summed E-state index contributed by atoms with van der Waals surface area (Å²) >= 11 is 0. The van der Waals surface area contributed by atoms with Crippen LogP contribution in [0.3, 0.4) is 0 Å². The van der Waals surface area contributed by atoms with Crippen LogP contribution in [0.1, 0.15) is 26.3 Å². The molecule has 4 aromatic carbocycles. The fourth-order valence-electron chi connectivity index (χ4n) is 3.44. The quantitative estimate of drug-likeness (QED) is 0.0571. The predicted molar refractivity (Wildman–Crippen MR) is 189 cm³/mol. The van der Waals surface area contributed by atoms with E-state index < -0.39 is 11.9 Å². The Kier molecular flexibility index (Phi) is 29.1. The number of aromatic hydroxyl groups is 3. The van der Waals surface area contributed by atoms with E-state index in [4.69, 9.17) is 20.4 Å². The van der Waals surface area contributed by atoms with Gasteiger partial charge in [0, 0.05) is 84.6 Å². The van der Waals surface area contributed by atoms with Gasteiger partial charge in [-0.3, -0.25) is 30.7 Å². The number of hydrogen-bond acceptors (Lipinski definition) is 17. The van der Waals surface area contributed by atoms with E-state index >= 15 is 0 Å². The first-order chi connectivity index (χ1) is 24.8. The number of rotatable bonds is 10. The third-order valence-electron chi connectivity index (χ3n) is 5.67. The van der Waals surface area contributed by atoms with Gasteiger partial charge in [-0.25, -0.2) is 9.59 Å². The van der Waals surface area contributed by atoms with E-state index in [0.717, 1.165) is 0 Å². The zero-order valence-electron chi connectivity index (χ0n) is 29.6. The largest absolute Gasteiger partial charge is 0.507 e. The number of carbonyl (C=O) groups excluding carboxylic acids is 2. The van der Waals surface area contributed by atoms with Gasteiger partial charge in [0.15, 0.2) is 23.0 Å². The molecule has 19 nitrogen and oxygen atoms in total. The molecule has 5 N–H and O–H groups in total. The van der Waals surface area contributed by atoms with Crippen LogP contribution in [0, 0.1) is 35.5 Å². The SMILES string of the molecule is CN=Nc1ccc(O)c(OC=O)c1.[CH2-]N=Nc1ccc(C)c(C(=O)O)c1.[CH2-]N=Nc1ccc(O)c(C(=O)O)c1.[CH2-]N=Nc1ccc(O)c(OC=O)c1.[CH3-].[Y].[Y]. The molecule has 286 valence electrons. The number of aromatic carboxylic acids is 2. The summed E-state index contributed by atoms with van der Waals surface area (Å²) < 4.78 is 8.96. The summed E-state index contributed by atoms with van der Waals surface area (Å²) in [6, 6.07) is 17.3. The Balaban J connectivity index is -0.000000644. The molecule has 0 saturated carbocycles. The number of phenolic OH excluding ortho intramolecular Hbond substituents is 2. The van der Waals surface area contributed by atoms with Crippen molar-refractivity contribution in [1.82, 2.24) is 0 Å². The molecule has 21 heteroatoms. The van der Waals surface area contributed by atoms with Crippen LogP contribution in [0.2, 0.25) is 0 Å². The molecule has 0 aliphatic carbocycles. The van der Waals surface area contributed by atoms with Crippen LogP contribution >= 0.6 is 0 Å². The van der Waals surface area contributed by atoms with Gasteiger partial charge in [0.2, 0.25) is 0 Å². The molecule has 0 heterocycles. The van der Waals surface area contributed by atoms with Gasteiger partial charge in [-0.05, 0) is 67.1 Å². The fourth-order valence-corrected chi connectivity index (χ4v) is 3.44. The van der Waals surface area contributed by atoms with Gasteiger partial charge >= 0.3 is 11.9 Å². The maximum atomic E-state index is 10.7. The second-order valence-corrected chi connectivity index (χ2v) is 9.07. The van der Waals surface area contributed by atoms with E-state index in [1.54, 1.807) is 25.1 Å². The Morgan fingerprint density at radius 3 is 1.29 bits per heavy atom. The fraction of sp³-hybridized carbons (Fsp3) is 0.0588. The molecule has 0 unspecified atom stereocenters. The first kappa shape index (κ1) is 53.7. The standard InChI is InChI=1S/C9H9N2O2.C8H8N2O3.2C8H7N2O3.CH3.2Y/c1-6-3-4-7(11-10-2)5-8(6)9(12)13;2*1-9-10-6-2-3-7(12)8(4-6)13-5-11;1-9-10-5-2-3-7(11)6(4-5)8(12)13;;;/h3-5H,2H2,1H3,(H,12,13);2-5,12H,1H3;2-5,12H,1H2;2-4,11H,1H2,(H,12,13);1H3;;/q-1;;3*-1;;. The number of benzene rings is 4. The van der Waals surface area contributed by atoms with E-state index in [1.807, 2.05) is 0 Å². The number of carboxylic acids is 2. The maximum Gasteiger partial charge on any atom is 0.339 e. The number of phenols is 3. The van der Waals surface area contributed by atoms with E-state index in [2.05, 4.69) is 71.5 Å². The first-order valence-corrected chi connectivity index (χ1v) is 13.9. The minimum atomic E-state index is -1.21.